The first-order valence-corrected chi connectivity index (χ1v) is 7.54. The number of hydrogen-bond acceptors (Lipinski definition) is 6. The molecule has 0 saturated heterocycles. The van der Waals surface area contributed by atoms with Crippen LogP contribution in [0, 0.1) is 6.92 Å². The van der Waals surface area contributed by atoms with E-state index in [2.05, 4.69) is 15.5 Å². The predicted octanol–water partition coefficient (Wildman–Crippen LogP) is 1.87. The highest BCUT2D eigenvalue weighted by Crippen LogP contribution is 2.29. The van der Waals surface area contributed by atoms with Gasteiger partial charge in [-0.2, -0.15) is 0 Å². The molecule has 7 nitrogen and oxygen atoms in total. The normalized spacial score (nSPS) is 10.4. The van der Waals surface area contributed by atoms with Crippen molar-refractivity contribution in [2.24, 2.45) is 7.05 Å². The van der Waals surface area contributed by atoms with Crippen LogP contribution in [0.15, 0.2) is 23.4 Å². The second kappa shape index (κ2) is 7.17. The van der Waals surface area contributed by atoms with E-state index in [1.54, 1.807) is 32.4 Å². The third kappa shape index (κ3) is 3.70. The fraction of sp³-hybridized carbons (Fsp3) is 0.357. The molecular formula is C14H18N4O3S. The van der Waals surface area contributed by atoms with Gasteiger partial charge in [-0.05, 0) is 19.1 Å². The molecule has 0 fully saturated rings. The third-order valence-electron chi connectivity index (χ3n) is 3.05. The molecule has 0 radical (unpaired) electrons. The molecule has 1 amide bonds. The quantitative estimate of drug-likeness (QED) is 0.818. The number of nitrogens with one attached hydrogen (secondary N) is 1. The number of anilines is 1. The highest BCUT2D eigenvalue weighted by molar-refractivity contribution is 7.99. The molecule has 22 heavy (non-hydrogen) atoms. The fourth-order valence-electron chi connectivity index (χ4n) is 1.75. The zero-order chi connectivity index (χ0) is 16.1. The Bertz CT molecular complexity index is 672. The molecule has 118 valence electrons. The maximum Gasteiger partial charge on any atom is 0.234 e. The first-order valence-electron chi connectivity index (χ1n) is 6.55. The number of carbonyl (C=O) groups excluding carboxylic acids is 1. The number of hydrogen-bond donors (Lipinski definition) is 1. The van der Waals surface area contributed by atoms with E-state index in [1.807, 2.05) is 18.5 Å². The molecule has 1 heterocycles. The van der Waals surface area contributed by atoms with Crippen LogP contribution in [0.5, 0.6) is 11.5 Å². The number of carbonyl (C=O) groups is 1. The SMILES string of the molecule is COc1ccc(NC(=O)CSc2nnc(C)n2C)cc1OC. The van der Waals surface area contributed by atoms with Crippen LogP contribution in [0.4, 0.5) is 5.69 Å². The van der Waals surface area contributed by atoms with Gasteiger partial charge in [-0.3, -0.25) is 4.79 Å². The summed E-state index contributed by atoms with van der Waals surface area (Å²) >= 11 is 1.33. The number of aromatic nitrogens is 3. The van der Waals surface area contributed by atoms with Gasteiger partial charge in [0.05, 0.1) is 20.0 Å². The standard InChI is InChI=1S/C14H18N4O3S/c1-9-16-17-14(18(9)2)22-8-13(19)15-10-5-6-11(20-3)12(7-10)21-4/h5-7H,8H2,1-4H3,(H,15,19). The van der Waals surface area contributed by atoms with Gasteiger partial charge in [0.15, 0.2) is 16.7 Å². The molecule has 0 saturated carbocycles. The number of methoxy groups -OCH3 is 2. The van der Waals surface area contributed by atoms with Crippen molar-refractivity contribution in [3.8, 4) is 11.5 Å². The molecule has 0 aliphatic carbocycles. The highest BCUT2D eigenvalue weighted by atomic mass is 32.2. The van der Waals surface area contributed by atoms with Crippen LogP contribution < -0.4 is 14.8 Å². The second-order valence-electron chi connectivity index (χ2n) is 4.50. The van der Waals surface area contributed by atoms with Gasteiger partial charge in [0.1, 0.15) is 5.82 Å². The Hall–Kier alpha value is -2.22. The number of aryl methyl sites for hydroxylation is 1. The molecule has 1 aromatic heterocycles. The zero-order valence-corrected chi connectivity index (χ0v) is 13.7. The van der Waals surface area contributed by atoms with E-state index >= 15 is 0 Å². The van der Waals surface area contributed by atoms with Crippen molar-refractivity contribution < 1.29 is 14.3 Å². The number of rotatable bonds is 6. The molecule has 1 aromatic carbocycles. The van der Waals surface area contributed by atoms with Gasteiger partial charge in [0, 0.05) is 18.8 Å². The smallest absolute Gasteiger partial charge is 0.234 e. The molecule has 0 unspecified atom stereocenters. The number of ether oxygens (including phenoxy) is 2. The summed E-state index contributed by atoms with van der Waals surface area (Å²) in [5.41, 5.74) is 0.650. The third-order valence-corrected chi connectivity index (χ3v) is 4.07. The van der Waals surface area contributed by atoms with Gasteiger partial charge in [0.25, 0.3) is 0 Å². The average molecular weight is 322 g/mol. The van der Waals surface area contributed by atoms with Crippen molar-refractivity contribution >= 4 is 23.4 Å². The lowest BCUT2D eigenvalue weighted by Crippen LogP contribution is -2.14. The Balaban J connectivity index is 1.96. The van der Waals surface area contributed by atoms with Crippen LogP contribution in [0.3, 0.4) is 0 Å². The molecule has 8 heteroatoms. The van der Waals surface area contributed by atoms with Gasteiger partial charge in [-0.1, -0.05) is 11.8 Å². The summed E-state index contributed by atoms with van der Waals surface area (Å²) in [5.74, 6) is 2.11. The molecule has 2 rings (SSSR count). The van der Waals surface area contributed by atoms with Gasteiger partial charge in [-0.15, -0.1) is 10.2 Å². The zero-order valence-electron chi connectivity index (χ0n) is 12.9. The van der Waals surface area contributed by atoms with Crippen LogP contribution in [-0.2, 0) is 11.8 Å². The van der Waals surface area contributed by atoms with E-state index in [-0.39, 0.29) is 11.7 Å². The predicted molar refractivity (Wildman–Crippen MR) is 84.6 cm³/mol. The Morgan fingerprint density at radius 1 is 1.27 bits per heavy atom. The number of amides is 1. The minimum absolute atomic E-state index is 0.127. The number of nitrogens with zero attached hydrogens (tertiary/aromatic N) is 3. The van der Waals surface area contributed by atoms with Gasteiger partial charge < -0.3 is 19.4 Å². The molecule has 1 N–H and O–H groups in total. The largest absolute Gasteiger partial charge is 0.493 e. The van der Waals surface area contributed by atoms with Crippen molar-refractivity contribution in [1.29, 1.82) is 0 Å². The van der Waals surface area contributed by atoms with E-state index in [1.165, 1.54) is 11.8 Å². The topological polar surface area (TPSA) is 78.3 Å². The summed E-state index contributed by atoms with van der Waals surface area (Å²) in [4.78, 5) is 12.0. The van der Waals surface area contributed by atoms with Crippen LogP contribution in [0.2, 0.25) is 0 Å². The first kappa shape index (κ1) is 16.2. The maximum absolute atomic E-state index is 12.0. The van der Waals surface area contributed by atoms with Crippen LogP contribution in [0.1, 0.15) is 5.82 Å². The Morgan fingerprint density at radius 2 is 2.00 bits per heavy atom. The maximum atomic E-state index is 12.0. The molecule has 0 atom stereocenters. The summed E-state index contributed by atoms with van der Waals surface area (Å²) in [6.45, 7) is 1.86. The molecule has 0 aliphatic heterocycles. The highest BCUT2D eigenvalue weighted by Gasteiger charge is 2.10. The Labute approximate surface area is 133 Å². The Morgan fingerprint density at radius 3 is 2.59 bits per heavy atom. The summed E-state index contributed by atoms with van der Waals surface area (Å²) in [6.07, 6.45) is 0. The first-order chi connectivity index (χ1) is 10.5. The lowest BCUT2D eigenvalue weighted by atomic mass is 10.2. The van der Waals surface area contributed by atoms with E-state index in [0.717, 1.165) is 5.82 Å². The van der Waals surface area contributed by atoms with Gasteiger partial charge in [0.2, 0.25) is 5.91 Å². The van der Waals surface area contributed by atoms with Crippen LogP contribution in [-0.4, -0.2) is 40.6 Å². The van der Waals surface area contributed by atoms with Crippen LogP contribution in [0.25, 0.3) is 0 Å². The van der Waals surface area contributed by atoms with Gasteiger partial charge >= 0.3 is 0 Å². The average Bonchev–Trinajstić information content (AvgIpc) is 2.84. The van der Waals surface area contributed by atoms with E-state index in [4.69, 9.17) is 9.47 Å². The monoisotopic (exact) mass is 322 g/mol. The van der Waals surface area contributed by atoms with Crippen molar-refractivity contribution in [1.82, 2.24) is 14.8 Å². The van der Waals surface area contributed by atoms with Crippen LogP contribution >= 0.6 is 11.8 Å². The van der Waals surface area contributed by atoms with Crippen molar-refractivity contribution in [3.05, 3.63) is 24.0 Å². The van der Waals surface area contributed by atoms with Crippen molar-refractivity contribution in [2.45, 2.75) is 12.1 Å². The minimum Gasteiger partial charge on any atom is -0.493 e. The van der Waals surface area contributed by atoms with Crippen molar-refractivity contribution in [2.75, 3.05) is 25.3 Å². The lowest BCUT2D eigenvalue weighted by Gasteiger charge is -2.10. The summed E-state index contributed by atoms with van der Waals surface area (Å²) in [7, 11) is 4.98. The molecular weight excluding hydrogens is 304 g/mol. The number of benzene rings is 1. The van der Waals surface area contributed by atoms with E-state index in [9.17, 15) is 4.79 Å². The summed E-state index contributed by atoms with van der Waals surface area (Å²) < 4.78 is 12.2. The minimum atomic E-state index is -0.127. The molecule has 2 aromatic rings. The fourth-order valence-corrected chi connectivity index (χ4v) is 2.51. The molecule has 0 bridgehead atoms. The summed E-state index contributed by atoms with van der Waals surface area (Å²) in [6, 6.07) is 5.22. The van der Waals surface area contributed by atoms with Crippen molar-refractivity contribution in [3.63, 3.8) is 0 Å². The molecule has 0 spiro atoms. The lowest BCUT2D eigenvalue weighted by molar-refractivity contribution is -0.113. The van der Waals surface area contributed by atoms with Gasteiger partial charge in [-0.25, -0.2) is 0 Å². The second-order valence-corrected chi connectivity index (χ2v) is 5.44. The van der Waals surface area contributed by atoms with E-state index in [0.29, 0.717) is 22.3 Å². The molecule has 0 aliphatic rings. The summed E-state index contributed by atoms with van der Waals surface area (Å²) in [5, 5.41) is 11.5. The van der Waals surface area contributed by atoms with E-state index < -0.39 is 0 Å². The number of thioether (sulfide) groups is 1. The Kier molecular flexibility index (Phi) is 5.26.